The molecule has 2 heteroatoms. The fraction of sp³-hybridized carbons (Fsp3) is 1.00. The van der Waals surface area contributed by atoms with Gasteiger partial charge in [-0.15, -0.1) is 0 Å². The number of hydrogen-bond donors (Lipinski definition) is 0. The van der Waals surface area contributed by atoms with Crippen LogP contribution < -0.4 is 0 Å². The average Bonchev–Trinajstić information content (AvgIpc) is 2.52. The van der Waals surface area contributed by atoms with Gasteiger partial charge < -0.3 is 9.47 Å². The van der Waals surface area contributed by atoms with E-state index < -0.39 is 0 Å². The van der Waals surface area contributed by atoms with Crippen molar-refractivity contribution >= 4 is 0 Å². The maximum atomic E-state index is 6.28. The van der Waals surface area contributed by atoms with Gasteiger partial charge in [0, 0.05) is 18.6 Å². The summed E-state index contributed by atoms with van der Waals surface area (Å²) in [6.45, 7) is 16.3. The Bertz CT molecular complexity index is 261. The summed E-state index contributed by atoms with van der Waals surface area (Å²) in [5.41, 5.74) is 0.0843. The molecular weight excluding hydrogens is 296 g/mol. The van der Waals surface area contributed by atoms with Gasteiger partial charge in [-0.2, -0.15) is 0 Å². The third kappa shape index (κ3) is 12.3. The van der Waals surface area contributed by atoms with Crippen LogP contribution in [0.2, 0.25) is 0 Å². The highest BCUT2D eigenvalue weighted by Crippen LogP contribution is 2.30. The van der Waals surface area contributed by atoms with E-state index in [9.17, 15) is 0 Å². The molecule has 0 saturated heterocycles. The van der Waals surface area contributed by atoms with Crippen LogP contribution in [-0.2, 0) is 9.47 Å². The lowest BCUT2D eigenvalue weighted by atomic mass is 9.81. The van der Waals surface area contributed by atoms with Crippen molar-refractivity contribution in [3.05, 3.63) is 0 Å². The third-order valence-corrected chi connectivity index (χ3v) is 4.79. The summed E-state index contributed by atoms with van der Waals surface area (Å²) < 4.78 is 12.3. The van der Waals surface area contributed by atoms with Crippen molar-refractivity contribution in [3.8, 4) is 0 Å². The molecule has 0 aromatic rings. The topological polar surface area (TPSA) is 18.5 Å². The number of rotatable bonds is 17. The maximum absolute atomic E-state index is 6.28. The first-order valence-corrected chi connectivity index (χ1v) is 10.6. The zero-order chi connectivity index (χ0) is 18.3. The fourth-order valence-electron chi connectivity index (χ4n) is 3.46. The summed E-state index contributed by atoms with van der Waals surface area (Å²) in [5, 5.41) is 0. The first kappa shape index (κ1) is 23.9. The van der Waals surface area contributed by atoms with Crippen molar-refractivity contribution in [3.63, 3.8) is 0 Å². The van der Waals surface area contributed by atoms with Crippen LogP contribution in [0.5, 0.6) is 0 Å². The molecule has 0 aromatic heterocycles. The van der Waals surface area contributed by atoms with Crippen molar-refractivity contribution in [1.29, 1.82) is 0 Å². The Morgan fingerprint density at radius 1 is 0.708 bits per heavy atom. The third-order valence-electron chi connectivity index (χ3n) is 4.79. The van der Waals surface area contributed by atoms with Crippen molar-refractivity contribution in [1.82, 2.24) is 0 Å². The molecule has 0 bridgehead atoms. The monoisotopic (exact) mass is 342 g/mol. The summed E-state index contributed by atoms with van der Waals surface area (Å²) in [6.07, 6.45) is 13.3. The minimum atomic E-state index is 0.0843. The Hall–Kier alpha value is -0.0800. The Balaban J connectivity index is 3.98. The van der Waals surface area contributed by atoms with E-state index in [1.807, 2.05) is 0 Å². The van der Waals surface area contributed by atoms with Crippen LogP contribution in [-0.4, -0.2) is 25.9 Å². The molecule has 24 heavy (non-hydrogen) atoms. The SMILES string of the molecule is CCCCCCCOCC(C)(C)C(OCCCCCCC)C(C)C. The van der Waals surface area contributed by atoms with Crippen LogP contribution in [0.3, 0.4) is 0 Å². The van der Waals surface area contributed by atoms with Gasteiger partial charge in [0.15, 0.2) is 0 Å². The van der Waals surface area contributed by atoms with Gasteiger partial charge in [0.05, 0.1) is 12.7 Å². The Morgan fingerprint density at radius 3 is 1.71 bits per heavy atom. The lowest BCUT2D eigenvalue weighted by molar-refractivity contribution is -0.0877. The number of unbranched alkanes of at least 4 members (excludes halogenated alkanes) is 8. The Kier molecular flexibility index (Phi) is 15.1. The molecule has 0 rings (SSSR count). The van der Waals surface area contributed by atoms with Crippen molar-refractivity contribution in [2.75, 3.05) is 19.8 Å². The summed E-state index contributed by atoms with van der Waals surface area (Å²) in [4.78, 5) is 0. The van der Waals surface area contributed by atoms with Gasteiger partial charge in [-0.1, -0.05) is 92.9 Å². The molecule has 0 amide bonds. The van der Waals surface area contributed by atoms with Gasteiger partial charge in [0.25, 0.3) is 0 Å². The second-order valence-corrected chi connectivity index (χ2v) is 8.41. The predicted octanol–water partition coefficient (Wildman–Crippen LogP) is 7.01. The Morgan fingerprint density at radius 2 is 1.21 bits per heavy atom. The summed E-state index contributed by atoms with van der Waals surface area (Å²) in [6, 6.07) is 0. The standard InChI is InChI=1S/C22H46O2/c1-7-9-11-13-15-17-23-19-22(5,6)21(20(3)4)24-18-16-14-12-10-8-2/h20-21H,7-19H2,1-6H3. The highest BCUT2D eigenvalue weighted by Gasteiger charge is 2.33. The lowest BCUT2D eigenvalue weighted by Gasteiger charge is -2.37. The van der Waals surface area contributed by atoms with Gasteiger partial charge in [-0.3, -0.25) is 0 Å². The Labute approximate surface area is 153 Å². The molecule has 0 fully saturated rings. The van der Waals surface area contributed by atoms with Crippen molar-refractivity contribution in [2.45, 2.75) is 112 Å². The van der Waals surface area contributed by atoms with Crippen LogP contribution in [0, 0.1) is 11.3 Å². The molecule has 0 aliphatic rings. The normalized spacial score (nSPS) is 13.6. The van der Waals surface area contributed by atoms with Gasteiger partial charge >= 0.3 is 0 Å². The fourth-order valence-corrected chi connectivity index (χ4v) is 3.46. The van der Waals surface area contributed by atoms with E-state index in [4.69, 9.17) is 9.47 Å². The smallest absolute Gasteiger partial charge is 0.0670 e. The highest BCUT2D eigenvalue weighted by molar-refractivity contribution is 4.81. The van der Waals surface area contributed by atoms with Gasteiger partial charge in [-0.25, -0.2) is 0 Å². The van der Waals surface area contributed by atoms with E-state index in [0.717, 1.165) is 19.8 Å². The molecule has 1 atom stereocenters. The molecule has 0 aliphatic heterocycles. The molecule has 1 unspecified atom stereocenters. The molecule has 2 nitrogen and oxygen atoms in total. The predicted molar refractivity (Wildman–Crippen MR) is 107 cm³/mol. The lowest BCUT2D eigenvalue weighted by Crippen LogP contribution is -2.40. The van der Waals surface area contributed by atoms with Gasteiger partial charge in [0.1, 0.15) is 0 Å². The molecule has 0 saturated carbocycles. The van der Waals surface area contributed by atoms with E-state index in [0.29, 0.717) is 5.92 Å². The zero-order valence-electron chi connectivity index (χ0n) is 17.7. The van der Waals surface area contributed by atoms with E-state index >= 15 is 0 Å². The second-order valence-electron chi connectivity index (χ2n) is 8.41. The molecule has 0 spiro atoms. The summed E-state index contributed by atoms with van der Waals surface area (Å²) in [7, 11) is 0. The van der Waals surface area contributed by atoms with E-state index in [1.165, 1.54) is 64.2 Å². The molecule has 146 valence electrons. The van der Waals surface area contributed by atoms with Crippen LogP contribution in [0.15, 0.2) is 0 Å². The minimum absolute atomic E-state index is 0.0843. The zero-order valence-corrected chi connectivity index (χ0v) is 17.7. The average molecular weight is 343 g/mol. The molecule has 0 N–H and O–H groups in total. The van der Waals surface area contributed by atoms with Gasteiger partial charge in [-0.05, 0) is 18.8 Å². The van der Waals surface area contributed by atoms with Crippen LogP contribution in [0.1, 0.15) is 106 Å². The highest BCUT2D eigenvalue weighted by atomic mass is 16.5. The summed E-state index contributed by atoms with van der Waals surface area (Å²) >= 11 is 0. The van der Waals surface area contributed by atoms with E-state index in [-0.39, 0.29) is 11.5 Å². The molecular formula is C22H46O2. The maximum Gasteiger partial charge on any atom is 0.0670 e. The first-order chi connectivity index (χ1) is 11.5. The molecule has 0 aliphatic carbocycles. The van der Waals surface area contributed by atoms with Crippen LogP contribution in [0.4, 0.5) is 0 Å². The second kappa shape index (κ2) is 15.2. The van der Waals surface area contributed by atoms with Crippen molar-refractivity contribution in [2.24, 2.45) is 11.3 Å². The van der Waals surface area contributed by atoms with E-state index in [2.05, 4.69) is 41.5 Å². The summed E-state index contributed by atoms with van der Waals surface area (Å²) in [5.74, 6) is 0.531. The quantitative estimate of drug-likeness (QED) is 0.265. The minimum Gasteiger partial charge on any atom is -0.381 e. The number of ether oxygens (including phenoxy) is 2. The van der Waals surface area contributed by atoms with Crippen molar-refractivity contribution < 1.29 is 9.47 Å². The number of hydrogen-bond acceptors (Lipinski definition) is 2. The molecule has 0 heterocycles. The first-order valence-electron chi connectivity index (χ1n) is 10.6. The molecule has 0 radical (unpaired) electrons. The van der Waals surface area contributed by atoms with Crippen LogP contribution >= 0.6 is 0 Å². The van der Waals surface area contributed by atoms with E-state index in [1.54, 1.807) is 0 Å². The van der Waals surface area contributed by atoms with Crippen LogP contribution in [0.25, 0.3) is 0 Å². The van der Waals surface area contributed by atoms with Gasteiger partial charge in [0.2, 0.25) is 0 Å². The molecule has 0 aromatic carbocycles. The largest absolute Gasteiger partial charge is 0.381 e.